The van der Waals surface area contributed by atoms with Gasteiger partial charge in [0.05, 0.1) is 0 Å². The summed E-state index contributed by atoms with van der Waals surface area (Å²) in [4.78, 5) is 4.40. The molecule has 0 aliphatic rings. The van der Waals surface area contributed by atoms with E-state index in [0.717, 1.165) is 34.1 Å². The van der Waals surface area contributed by atoms with Crippen LogP contribution < -0.4 is 19.3 Å². The summed E-state index contributed by atoms with van der Waals surface area (Å²) in [6, 6.07) is 49.3. The summed E-state index contributed by atoms with van der Waals surface area (Å²) < 4.78 is 11.8. The minimum Gasteiger partial charge on any atom is -0.422 e. The highest BCUT2D eigenvalue weighted by Gasteiger charge is 2.15. The third-order valence-corrected chi connectivity index (χ3v) is 8.22. The maximum absolute atomic E-state index is 5.88. The number of nitrogens with zero attached hydrogens (tertiary/aromatic N) is 6. The number of hydrogen-bond acceptors (Lipinski definition) is 8. The molecule has 1 heterocycles. The van der Waals surface area contributed by atoms with E-state index in [1.165, 1.54) is 22.3 Å². The lowest BCUT2D eigenvalue weighted by Gasteiger charge is -2.26. The van der Waals surface area contributed by atoms with Crippen LogP contribution in [0.1, 0.15) is 22.3 Å². The van der Waals surface area contributed by atoms with Crippen LogP contribution in [0.2, 0.25) is 0 Å². The number of ether oxygens (including phenoxy) is 2. The second kappa shape index (κ2) is 14.3. The Labute approximate surface area is 292 Å². The summed E-state index contributed by atoms with van der Waals surface area (Å²) in [6.45, 7) is 8.34. The average molecular weight is 657 g/mol. The molecule has 0 unspecified atom stereocenters. The average Bonchev–Trinajstić information content (AvgIpc) is 3.14. The van der Waals surface area contributed by atoms with Gasteiger partial charge in [-0.15, -0.1) is 0 Å². The molecular weight excluding hydrogens is 621 g/mol. The van der Waals surface area contributed by atoms with Crippen LogP contribution in [0, 0.1) is 27.7 Å². The number of rotatable bonds is 10. The normalized spacial score (nSPS) is 10.8. The molecule has 0 saturated heterocycles. The lowest BCUT2D eigenvalue weighted by atomic mass is 10.1. The molecule has 8 nitrogen and oxygen atoms in total. The molecule has 8 heteroatoms. The van der Waals surface area contributed by atoms with Crippen molar-refractivity contribution in [1.29, 1.82) is 0 Å². The zero-order valence-corrected chi connectivity index (χ0v) is 28.4. The Balaban J connectivity index is 1.03. The second-order valence-corrected chi connectivity index (χ2v) is 12.2. The Bertz CT molecular complexity index is 1900. The Kier molecular flexibility index (Phi) is 9.16. The number of aryl methyl sites for hydroxylation is 4. The Morgan fingerprint density at radius 3 is 0.720 bits per heavy atom. The summed E-state index contributed by atoms with van der Waals surface area (Å²) in [5, 5.41) is 16.4. The van der Waals surface area contributed by atoms with E-state index in [2.05, 4.69) is 155 Å². The summed E-state index contributed by atoms with van der Waals surface area (Å²) in [5.74, 6) is 1.11. The van der Waals surface area contributed by atoms with Gasteiger partial charge < -0.3 is 19.3 Å². The van der Waals surface area contributed by atoms with Crippen LogP contribution in [0.3, 0.4) is 0 Å². The highest BCUT2D eigenvalue weighted by atomic mass is 16.5. The quantitative estimate of drug-likeness (QED) is 0.144. The summed E-state index contributed by atoms with van der Waals surface area (Å²) in [5.41, 5.74) is 11.0. The third-order valence-electron chi connectivity index (χ3n) is 8.22. The van der Waals surface area contributed by atoms with Crippen LogP contribution in [-0.2, 0) is 0 Å². The first kappa shape index (κ1) is 32.0. The summed E-state index contributed by atoms with van der Waals surface area (Å²) in [7, 11) is 0. The molecule has 0 radical (unpaired) electrons. The van der Waals surface area contributed by atoms with Gasteiger partial charge in [-0.3, -0.25) is 0 Å². The Hall–Kier alpha value is -6.54. The van der Waals surface area contributed by atoms with Gasteiger partial charge in [0, 0.05) is 34.1 Å². The van der Waals surface area contributed by atoms with Crippen molar-refractivity contribution in [3.8, 4) is 23.5 Å². The zero-order chi connectivity index (χ0) is 34.5. The van der Waals surface area contributed by atoms with Gasteiger partial charge in [0.25, 0.3) is 0 Å². The SMILES string of the molecule is Cc1ccc(N(c2ccc(C)cc2)c2ccc(Oc3nnc(Oc4ccc(N(c5ccc(C)cc5)c5ccc(C)cc5)cc4)nn3)cc2)cc1. The van der Waals surface area contributed by atoms with E-state index in [-0.39, 0.29) is 12.0 Å². The van der Waals surface area contributed by atoms with Crippen LogP contribution in [0.5, 0.6) is 23.5 Å². The largest absolute Gasteiger partial charge is 0.422 e. The van der Waals surface area contributed by atoms with Crippen LogP contribution in [0.4, 0.5) is 34.1 Å². The van der Waals surface area contributed by atoms with Crippen molar-refractivity contribution in [1.82, 2.24) is 20.4 Å². The second-order valence-electron chi connectivity index (χ2n) is 12.2. The van der Waals surface area contributed by atoms with Crippen molar-refractivity contribution in [3.05, 3.63) is 168 Å². The lowest BCUT2D eigenvalue weighted by Crippen LogP contribution is -2.10. The molecule has 1 aromatic heterocycles. The molecule has 0 amide bonds. The van der Waals surface area contributed by atoms with E-state index < -0.39 is 0 Å². The molecule has 50 heavy (non-hydrogen) atoms. The van der Waals surface area contributed by atoms with Gasteiger partial charge in [0.15, 0.2) is 0 Å². The molecule has 0 N–H and O–H groups in total. The topological polar surface area (TPSA) is 76.5 Å². The monoisotopic (exact) mass is 656 g/mol. The predicted octanol–water partition coefficient (Wildman–Crippen LogP) is 11.0. The van der Waals surface area contributed by atoms with Gasteiger partial charge in [-0.25, -0.2) is 0 Å². The molecule has 0 atom stereocenters. The van der Waals surface area contributed by atoms with Crippen LogP contribution in [0.15, 0.2) is 146 Å². The van der Waals surface area contributed by atoms with Crippen molar-refractivity contribution < 1.29 is 9.47 Å². The van der Waals surface area contributed by atoms with Crippen molar-refractivity contribution in [3.63, 3.8) is 0 Å². The minimum absolute atomic E-state index is 0.0150. The Morgan fingerprint density at radius 1 is 0.300 bits per heavy atom. The maximum Gasteiger partial charge on any atom is 0.360 e. The zero-order valence-electron chi connectivity index (χ0n) is 28.4. The first-order valence-corrected chi connectivity index (χ1v) is 16.4. The van der Waals surface area contributed by atoms with Gasteiger partial charge in [-0.05, 0) is 125 Å². The van der Waals surface area contributed by atoms with Gasteiger partial charge in [0.1, 0.15) is 11.5 Å². The molecule has 7 aromatic rings. The molecule has 7 rings (SSSR count). The molecule has 0 aliphatic heterocycles. The number of hydrogen-bond donors (Lipinski definition) is 0. The van der Waals surface area contributed by atoms with Crippen molar-refractivity contribution in [2.24, 2.45) is 0 Å². The molecule has 0 saturated carbocycles. The fourth-order valence-corrected chi connectivity index (χ4v) is 5.50. The molecular formula is C42H36N6O2. The standard InChI is InChI=1S/C42H36N6O2/c1-29-5-13-33(14-6-29)47(34-15-7-30(2)8-16-34)37-21-25-39(26-22-37)49-41-43-45-42(46-44-41)50-40-27-23-38(24-28-40)48(35-17-9-31(3)10-18-35)36-19-11-32(4)12-20-36/h5-28H,1-4H3. The van der Waals surface area contributed by atoms with Crippen LogP contribution in [-0.4, -0.2) is 20.4 Å². The Morgan fingerprint density at radius 2 is 0.500 bits per heavy atom. The van der Waals surface area contributed by atoms with Crippen LogP contribution >= 0.6 is 0 Å². The highest BCUT2D eigenvalue weighted by molar-refractivity contribution is 5.78. The van der Waals surface area contributed by atoms with Gasteiger partial charge in [-0.2, -0.15) is 0 Å². The fraction of sp³-hybridized carbons (Fsp3) is 0.0952. The molecule has 0 spiro atoms. The maximum atomic E-state index is 5.88. The highest BCUT2D eigenvalue weighted by Crippen LogP contribution is 2.37. The minimum atomic E-state index is 0.0150. The predicted molar refractivity (Wildman–Crippen MR) is 199 cm³/mol. The third kappa shape index (κ3) is 7.45. The number of anilines is 6. The van der Waals surface area contributed by atoms with E-state index in [4.69, 9.17) is 9.47 Å². The number of benzene rings is 6. The van der Waals surface area contributed by atoms with Gasteiger partial charge >= 0.3 is 12.0 Å². The van der Waals surface area contributed by atoms with Gasteiger partial charge in [-0.1, -0.05) is 91.2 Å². The first-order chi connectivity index (χ1) is 24.4. The van der Waals surface area contributed by atoms with Gasteiger partial charge in [0.2, 0.25) is 0 Å². The van der Waals surface area contributed by atoms with Crippen LogP contribution in [0.25, 0.3) is 0 Å². The van der Waals surface area contributed by atoms with E-state index in [9.17, 15) is 0 Å². The first-order valence-electron chi connectivity index (χ1n) is 16.4. The van der Waals surface area contributed by atoms with E-state index in [1.807, 2.05) is 48.5 Å². The fourth-order valence-electron chi connectivity index (χ4n) is 5.50. The molecule has 0 fully saturated rings. The molecule has 0 aliphatic carbocycles. The smallest absolute Gasteiger partial charge is 0.360 e. The van der Waals surface area contributed by atoms with E-state index in [0.29, 0.717) is 11.5 Å². The number of aromatic nitrogens is 4. The van der Waals surface area contributed by atoms with Crippen molar-refractivity contribution >= 4 is 34.1 Å². The molecule has 246 valence electrons. The lowest BCUT2D eigenvalue weighted by molar-refractivity contribution is 0.381. The van der Waals surface area contributed by atoms with Crippen molar-refractivity contribution in [2.75, 3.05) is 9.80 Å². The summed E-state index contributed by atoms with van der Waals surface area (Å²) in [6.07, 6.45) is 0. The molecule has 6 aromatic carbocycles. The van der Waals surface area contributed by atoms with Crippen molar-refractivity contribution in [2.45, 2.75) is 27.7 Å². The van der Waals surface area contributed by atoms with E-state index in [1.54, 1.807) is 0 Å². The van der Waals surface area contributed by atoms with E-state index >= 15 is 0 Å². The molecule has 0 bridgehead atoms. The summed E-state index contributed by atoms with van der Waals surface area (Å²) >= 11 is 0.